The van der Waals surface area contributed by atoms with Gasteiger partial charge in [0.25, 0.3) is 0 Å². The number of hydrogen-bond acceptors (Lipinski definition) is 7. The molecule has 2 fully saturated rings. The van der Waals surface area contributed by atoms with Crippen molar-refractivity contribution < 1.29 is 23.9 Å². The van der Waals surface area contributed by atoms with Gasteiger partial charge >= 0.3 is 5.97 Å². The Bertz CT molecular complexity index is 753. The van der Waals surface area contributed by atoms with Crippen molar-refractivity contribution in [2.45, 2.75) is 18.0 Å². The zero-order chi connectivity index (χ0) is 19.8. The smallest absolute Gasteiger partial charge is 0.326 e. The fourth-order valence-electron chi connectivity index (χ4n) is 4.21. The second-order valence-electron chi connectivity index (χ2n) is 6.84. The van der Waals surface area contributed by atoms with Crippen molar-refractivity contribution in [1.82, 2.24) is 10.2 Å². The van der Waals surface area contributed by atoms with Crippen molar-refractivity contribution in [2.75, 3.05) is 33.3 Å². The molecule has 1 aromatic carbocycles. The van der Waals surface area contributed by atoms with Crippen LogP contribution in [0.1, 0.15) is 18.0 Å². The van der Waals surface area contributed by atoms with Gasteiger partial charge in [-0.2, -0.15) is 11.8 Å². The number of fused-ring (bicyclic) bond motifs is 1. The molecule has 8 heteroatoms. The Hall–Kier alpha value is -2.06. The number of methoxy groups -OCH3 is 2. The van der Waals surface area contributed by atoms with Gasteiger partial charge in [0.1, 0.15) is 11.3 Å². The first-order valence-corrected chi connectivity index (χ1v) is 10.1. The number of esters is 1. The zero-order valence-corrected chi connectivity index (χ0v) is 16.7. The van der Waals surface area contributed by atoms with E-state index in [4.69, 9.17) is 9.47 Å². The average Bonchev–Trinajstić information content (AvgIpc) is 3.16. The normalized spacial score (nSPS) is 29.8. The maximum Gasteiger partial charge on any atom is 0.326 e. The lowest BCUT2D eigenvalue weighted by Crippen LogP contribution is -2.56. The van der Waals surface area contributed by atoms with Crippen LogP contribution in [-0.4, -0.2) is 61.5 Å². The number of imide groups is 1. The van der Waals surface area contributed by atoms with Gasteiger partial charge in [0.05, 0.1) is 26.1 Å². The van der Waals surface area contributed by atoms with Gasteiger partial charge in [-0.25, -0.2) is 0 Å². The van der Waals surface area contributed by atoms with Crippen LogP contribution in [-0.2, 0) is 19.1 Å². The first-order chi connectivity index (χ1) is 12.9. The quantitative estimate of drug-likeness (QED) is 0.576. The number of likely N-dealkylation sites (tertiary alicyclic amines) is 1. The van der Waals surface area contributed by atoms with E-state index in [9.17, 15) is 14.4 Å². The monoisotopic (exact) mass is 392 g/mol. The molecule has 0 spiro atoms. The van der Waals surface area contributed by atoms with E-state index in [1.54, 1.807) is 31.0 Å². The second-order valence-corrected chi connectivity index (χ2v) is 7.83. The van der Waals surface area contributed by atoms with Crippen molar-refractivity contribution in [3.8, 4) is 5.75 Å². The highest BCUT2D eigenvalue weighted by Crippen LogP contribution is 2.50. The van der Waals surface area contributed by atoms with E-state index in [1.165, 1.54) is 14.2 Å². The SMILES string of the molecule is COC(=O)[C@]1(CCSC)N[C@@H](c2ccc(OC)cc2)[C@H]2C(=O)N(C)C(=O)[C@@H]21. The third-order valence-electron chi connectivity index (χ3n) is 5.60. The summed E-state index contributed by atoms with van der Waals surface area (Å²) >= 11 is 1.58. The van der Waals surface area contributed by atoms with Crippen LogP contribution in [0.25, 0.3) is 0 Å². The molecule has 1 aromatic rings. The van der Waals surface area contributed by atoms with Gasteiger partial charge in [-0.1, -0.05) is 12.1 Å². The molecule has 1 N–H and O–H groups in total. The van der Waals surface area contributed by atoms with E-state index in [1.807, 2.05) is 18.4 Å². The van der Waals surface area contributed by atoms with E-state index in [0.717, 1.165) is 10.5 Å². The fraction of sp³-hybridized carbons (Fsp3) is 0.526. The minimum Gasteiger partial charge on any atom is -0.497 e. The molecule has 2 aliphatic heterocycles. The number of rotatable bonds is 6. The van der Waals surface area contributed by atoms with Gasteiger partial charge in [-0.05, 0) is 36.1 Å². The van der Waals surface area contributed by atoms with Crippen molar-refractivity contribution >= 4 is 29.5 Å². The van der Waals surface area contributed by atoms with E-state index < -0.39 is 29.4 Å². The first-order valence-electron chi connectivity index (χ1n) is 8.71. The minimum atomic E-state index is -1.22. The number of carbonyl (C=O) groups is 3. The lowest BCUT2D eigenvalue weighted by Gasteiger charge is -2.32. The molecule has 0 aliphatic carbocycles. The minimum absolute atomic E-state index is 0.270. The maximum absolute atomic E-state index is 12.9. The van der Waals surface area contributed by atoms with Crippen LogP contribution in [0.3, 0.4) is 0 Å². The van der Waals surface area contributed by atoms with Crippen LogP contribution < -0.4 is 10.1 Å². The van der Waals surface area contributed by atoms with Crippen LogP contribution in [0.5, 0.6) is 5.75 Å². The fourth-order valence-corrected chi connectivity index (χ4v) is 4.74. The third-order valence-corrected chi connectivity index (χ3v) is 6.21. The van der Waals surface area contributed by atoms with Gasteiger partial charge in [0.2, 0.25) is 11.8 Å². The van der Waals surface area contributed by atoms with E-state index in [2.05, 4.69) is 5.32 Å². The Morgan fingerprint density at radius 3 is 2.44 bits per heavy atom. The molecule has 0 unspecified atom stereocenters. The van der Waals surface area contributed by atoms with E-state index in [-0.39, 0.29) is 11.8 Å². The molecule has 27 heavy (non-hydrogen) atoms. The van der Waals surface area contributed by atoms with E-state index in [0.29, 0.717) is 17.9 Å². The van der Waals surface area contributed by atoms with Crippen LogP contribution >= 0.6 is 11.8 Å². The molecule has 2 aliphatic rings. The standard InChI is InChI=1S/C19H24N2O5S/c1-21-16(22)13-14(17(21)23)19(9-10-27-4,18(24)26-3)20-15(13)11-5-7-12(25-2)8-6-11/h5-8,13-15,20H,9-10H2,1-4H3/t13-,14+,15-,19+/m0/s1. The van der Waals surface area contributed by atoms with Crippen LogP contribution in [0.4, 0.5) is 0 Å². The molecular weight excluding hydrogens is 368 g/mol. The summed E-state index contributed by atoms with van der Waals surface area (Å²) < 4.78 is 10.3. The average molecular weight is 392 g/mol. The molecule has 4 atom stereocenters. The molecule has 146 valence electrons. The summed E-state index contributed by atoms with van der Waals surface area (Å²) in [6, 6.07) is 6.86. The topological polar surface area (TPSA) is 84.9 Å². The van der Waals surface area contributed by atoms with Crippen LogP contribution in [0.15, 0.2) is 24.3 Å². The maximum atomic E-state index is 12.9. The summed E-state index contributed by atoms with van der Waals surface area (Å²) in [6.45, 7) is 0. The Kier molecular flexibility index (Phi) is 5.48. The molecule has 0 bridgehead atoms. The summed E-state index contributed by atoms with van der Waals surface area (Å²) in [5, 5.41) is 3.33. The molecule has 0 radical (unpaired) electrons. The number of carbonyl (C=O) groups excluding carboxylic acids is 3. The van der Waals surface area contributed by atoms with Crippen LogP contribution in [0, 0.1) is 11.8 Å². The van der Waals surface area contributed by atoms with Crippen molar-refractivity contribution in [1.29, 1.82) is 0 Å². The second kappa shape index (κ2) is 7.52. The lowest BCUT2D eigenvalue weighted by atomic mass is 9.78. The predicted octanol–water partition coefficient (Wildman–Crippen LogP) is 1.24. The van der Waals surface area contributed by atoms with Gasteiger partial charge in [0.15, 0.2) is 0 Å². The number of nitrogens with zero attached hydrogens (tertiary/aromatic N) is 1. The lowest BCUT2D eigenvalue weighted by molar-refractivity contribution is -0.154. The first kappa shape index (κ1) is 19.7. The molecule has 2 amide bonds. The largest absolute Gasteiger partial charge is 0.497 e. The number of thioether (sulfide) groups is 1. The molecular formula is C19H24N2O5S. The number of hydrogen-bond donors (Lipinski definition) is 1. The number of amides is 2. The number of nitrogens with one attached hydrogen (secondary N) is 1. The van der Waals surface area contributed by atoms with Crippen molar-refractivity contribution in [2.24, 2.45) is 11.8 Å². The highest BCUT2D eigenvalue weighted by Gasteiger charge is 2.67. The Morgan fingerprint density at radius 1 is 1.22 bits per heavy atom. The molecule has 7 nitrogen and oxygen atoms in total. The van der Waals surface area contributed by atoms with Gasteiger partial charge in [-0.15, -0.1) is 0 Å². The van der Waals surface area contributed by atoms with E-state index >= 15 is 0 Å². The number of benzene rings is 1. The molecule has 3 rings (SSSR count). The Balaban J connectivity index is 2.09. The van der Waals surface area contributed by atoms with Crippen molar-refractivity contribution in [3.63, 3.8) is 0 Å². The molecule has 0 saturated carbocycles. The van der Waals surface area contributed by atoms with Crippen molar-refractivity contribution in [3.05, 3.63) is 29.8 Å². The molecule has 2 heterocycles. The highest BCUT2D eigenvalue weighted by atomic mass is 32.2. The highest BCUT2D eigenvalue weighted by molar-refractivity contribution is 7.98. The number of ether oxygens (including phenoxy) is 2. The summed E-state index contributed by atoms with van der Waals surface area (Å²) in [4.78, 5) is 39.7. The molecule has 0 aromatic heterocycles. The Labute approximate surface area is 162 Å². The Morgan fingerprint density at radius 2 is 1.89 bits per heavy atom. The molecule has 2 saturated heterocycles. The predicted molar refractivity (Wildman–Crippen MR) is 101 cm³/mol. The van der Waals surface area contributed by atoms with Gasteiger partial charge in [-0.3, -0.25) is 24.6 Å². The summed E-state index contributed by atoms with van der Waals surface area (Å²) in [6.07, 6.45) is 2.34. The van der Waals surface area contributed by atoms with Gasteiger partial charge in [0, 0.05) is 13.1 Å². The van der Waals surface area contributed by atoms with Gasteiger partial charge < -0.3 is 9.47 Å². The summed E-state index contributed by atoms with van der Waals surface area (Å²) in [5.41, 5.74) is -0.387. The van der Waals surface area contributed by atoms with Crippen LogP contribution in [0.2, 0.25) is 0 Å². The summed E-state index contributed by atoms with van der Waals surface area (Å²) in [7, 11) is 4.37. The summed E-state index contributed by atoms with van der Waals surface area (Å²) in [5.74, 6) is -1.17. The third kappa shape index (κ3) is 3.00. The zero-order valence-electron chi connectivity index (χ0n) is 15.9.